The molecule has 1 heterocycles. The standard InChI is InChI=1S/C26H23N3O3/c1-32-26(31)23(16-20-17-27-21-14-8-9-15-22(21)28-20)29-25(30)24(18-10-4-2-5-11-18)19-12-6-3-7-13-19/h2-15,17,23-24H,16H2,1H3,(H,29,30)/t23-/m1/s1. The number of benzene rings is 3. The Kier molecular flexibility index (Phi) is 6.51. The Morgan fingerprint density at radius 2 is 1.41 bits per heavy atom. The van der Waals surface area contributed by atoms with E-state index in [0.717, 1.165) is 22.2 Å². The monoisotopic (exact) mass is 425 g/mol. The first-order chi connectivity index (χ1) is 15.7. The van der Waals surface area contributed by atoms with Crippen LogP contribution >= 0.6 is 0 Å². The van der Waals surface area contributed by atoms with Crippen molar-refractivity contribution in [3.05, 3.63) is 108 Å². The molecule has 0 aliphatic rings. The highest BCUT2D eigenvalue weighted by atomic mass is 16.5. The van der Waals surface area contributed by atoms with E-state index in [-0.39, 0.29) is 12.3 Å². The van der Waals surface area contributed by atoms with Crippen LogP contribution in [0.1, 0.15) is 22.7 Å². The van der Waals surface area contributed by atoms with E-state index in [1.807, 2.05) is 84.9 Å². The lowest BCUT2D eigenvalue weighted by Crippen LogP contribution is -2.45. The predicted molar refractivity (Wildman–Crippen MR) is 122 cm³/mol. The van der Waals surface area contributed by atoms with Crippen LogP contribution in [0.15, 0.2) is 91.1 Å². The van der Waals surface area contributed by atoms with Gasteiger partial charge >= 0.3 is 5.97 Å². The molecule has 1 atom stereocenters. The topological polar surface area (TPSA) is 81.2 Å². The fourth-order valence-electron chi connectivity index (χ4n) is 3.68. The van der Waals surface area contributed by atoms with Gasteiger partial charge in [-0.3, -0.25) is 9.78 Å². The minimum absolute atomic E-state index is 0.173. The highest BCUT2D eigenvalue weighted by molar-refractivity contribution is 5.91. The molecule has 0 radical (unpaired) electrons. The molecule has 0 aliphatic carbocycles. The Morgan fingerprint density at radius 1 is 0.844 bits per heavy atom. The van der Waals surface area contributed by atoms with E-state index in [2.05, 4.69) is 15.3 Å². The number of nitrogens with one attached hydrogen (secondary N) is 1. The molecule has 32 heavy (non-hydrogen) atoms. The Morgan fingerprint density at radius 3 is 2.00 bits per heavy atom. The molecule has 3 aromatic carbocycles. The number of fused-ring (bicyclic) bond motifs is 1. The summed E-state index contributed by atoms with van der Waals surface area (Å²) in [6.45, 7) is 0. The molecule has 160 valence electrons. The lowest BCUT2D eigenvalue weighted by atomic mass is 9.90. The van der Waals surface area contributed by atoms with Crippen LogP contribution in [-0.2, 0) is 20.7 Å². The predicted octanol–water partition coefficient (Wildman–Crippen LogP) is 3.66. The second-order valence-electron chi connectivity index (χ2n) is 7.39. The summed E-state index contributed by atoms with van der Waals surface area (Å²) in [6.07, 6.45) is 1.79. The summed E-state index contributed by atoms with van der Waals surface area (Å²) in [5.74, 6) is -1.38. The number of nitrogens with zero attached hydrogens (tertiary/aromatic N) is 2. The van der Waals surface area contributed by atoms with E-state index in [0.29, 0.717) is 5.69 Å². The number of esters is 1. The van der Waals surface area contributed by atoms with Gasteiger partial charge in [-0.1, -0.05) is 72.8 Å². The molecule has 4 rings (SSSR count). The number of ether oxygens (including phenoxy) is 1. The molecule has 1 amide bonds. The van der Waals surface area contributed by atoms with Gasteiger partial charge in [-0.15, -0.1) is 0 Å². The highest BCUT2D eigenvalue weighted by Gasteiger charge is 2.29. The quantitative estimate of drug-likeness (QED) is 0.457. The molecule has 0 spiro atoms. The zero-order valence-electron chi connectivity index (χ0n) is 17.6. The van der Waals surface area contributed by atoms with E-state index in [1.54, 1.807) is 6.20 Å². The van der Waals surface area contributed by atoms with Crippen molar-refractivity contribution in [1.82, 2.24) is 15.3 Å². The Labute approximate surface area is 186 Å². The molecule has 6 nitrogen and oxygen atoms in total. The molecule has 0 unspecified atom stereocenters. The van der Waals surface area contributed by atoms with Crippen molar-refractivity contribution >= 4 is 22.9 Å². The third kappa shape index (κ3) is 4.81. The van der Waals surface area contributed by atoms with Crippen LogP contribution < -0.4 is 5.32 Å². The van der Waals surface area contributed by atoms with Gasteiger partial charge in [0.1, 0.15) is 6.04 Å². The fraction of sp³-hybridized carbons (Fsp3) is 0.154. The number of hydrogen-bond acceptors (Lipinski definition) is 5. The van der Waals surface area contributed by atoms with Gasteiger partial charge < -0.3 is 10.1 Å². The van der Waals surface area contributed by atoms with Gasteiger partial charge in [0.2, 0.25) is 5.91 Å². The summed E-state index contributed by atoms with van der Waals surface area (Å²) in [4.78, 5) is 34.9. The zero-order valence-corrected chi connectivity index (χ0v) is 17.6. The summed E-state index contributed by atoms with van der Waals surface area (Å²) in [5, 5.41) is 2.88. The minimum atomic E-state index is -0.891. The molecule has 4 aromatic rings. The van der Waals surface area contributed by atoms with Crippen LogP contribution in [0.5, 0.6) is 0 Å². The summed E-state index contributed by atoms with van der Waals surface area (Å²) >= 11 is 0. The molecular weight excluding hydrogens is 402 g/mol. The SMILES string of the molecule is COC(=O)[C@@H](Cc1cnc2ccccc2n1)NC(=O)C(c1ccccc1)c1ccccc1. The van der Waals surface area contributed by atoms with E-state index in [9.17, 15) is 9.59 Å². The normalized spacial score (nSPS) is 11.8. The Hall–Kier alpha value is -4.06. The van der Waals surface area contributed by atoms with Gasteiger partial charge in [0, 0.05) is 12.6 Å². The number of para-hydroxylation sites is 2. The van der Waals surface area contributed by atoms with Crippen molar-refractivity contribution in [2.45, 2.75) is 18.4 Å². The first-order valence-corrected chi connectivity index (χ1v) is 10.3. The van der Waals surface area contributed by atoms with Gasteiger partial charge in [0.25, 0.3) is 0 Å². The van der Waals surface area contributed by atoms with Crippen LogP contribution in [0.2, 0.25) is 0 Å². The number of aromatic nitrogens is 2. The molecule has 1 aromatic heterocycles. The number of amides is 1. The van der Waals surface area contributed by atoms with Crippen molar-refractivity contribution in [2.24, 2.45) is 0 Å². The van der Waals surface area contributed by atoms with Gasteiger partial charge in [0.05, 0.1) is 29.8 Å². The molecule has 0 bridgehead atoms. The van der Waals surface area contributed by atoms with Crippen LogP contribution in [0, 0.1) is 0 Å². The minimum Gasteiger partial charge on any atom is -0.467 e. The third-order valence-electron chi connectivity index (χ3n) is 5.24. The number of carbonyl (C=O) groups excluding carboxylic acids is 2. The number of hydrogen-bond donors (Lipinski definition) is 1. The summed E-state index contributed by atoms with van der Waals surface area (Å²) in [7, 11) is 1.30. The van der Waals surface area contributed by atoms with Crippen LogP contribution in [0.4, 0.5) is 0 Å². The smallest absolute Gasteiger partial charge is 0.328 e. The summed E-state index contributed by atoms with van der Waals surface area (Å²) < 4.78 is 4.96. The highest BCUT2D eigenvalue weighted by Crippen LogP contribution is 2.25. The largest absolute Gasteiger partial charge is 0.467 e. The average Bonchev–Trinajstić information content (AvgIpc) is 2.84. The van der Waals surface area contributed by atoms with Gasteiger partial charge in [-0.05, 0) is 23.3 Å². The molecular formula is C26H23N3O3. The lowest BCUT2D eigenvalue weighted by Gasteiger charge is -2.22. The fourth-order valence-corrected chi connectivity index (χ4v) is 3.68. The maximum Gasteiger partial charge on any atom is 0.328 e. The van der Waals surface area contributed by atoms with Gasteiger partial charge in [-0.25, -0.2) is 9.78 Å². The van der Waals surface area contributed by atoms with Crippen molar-refractivity contribution < 1.29 is 14.3 Å². The zero-order chi connectivity index (χ0) is 22.3. The van der Waals surface area contributed by atoms with Crippen molar-refractivity contribution in [3.63, 3.8) is 0 Å². The van der Waals surface area contributed by atoms with E-state index >= 15 is 0 Å². The molecule has 0 saturated heterocycles. The maximum atomic E-state index is 13.4. The average molecular weight is 425 g/mol. The number of rotatable bonds is 7. The Balaban J connectivity index is 1.61. The lowest BCUT2D eigenvalue weighted by molar-refractivity contribution is -0.145. The van der Waals surface area contributed by atoms with E-state index in [4.69, 9.17) is 4.74 Å². The molecule has 0 fully saturated rings. The maximum absolute atomic E-state index is 13.4. The van der Waals surface area contributed by atoms with Gasteiger partial charge in [0.15, 0.2) is 0 Å². The Bertz CT molecular complexity index is 1170. The van der Waals surface area contributed by atoms with Crippen LogP contribution in [0.3, 0.4) is 0 Å². The number of carbonyl (C=O) groups is 2. The van der Waals surface area contributed by atoms with Crippen LogP contribution in [-0.4, -0.2) is 35.0 Å². The first-order valence-electron chi connectivity index (χ1n) is 10.3. The summed E-state index contributed by atoms with van der Waals surface area (Å²) in [6, 6.07) is 25.6. The van der Waals surface area contributed by atoms with Gasteiger partial charge in [-0.2, -0.15) is 0 Å². The first kappa shape index (κ1) is 21.2. The van der Waals surface area contributed by atoms with Crippen molar-refractivity contribution in [3.8, 4) is 0 Å². The second kappa shape index (κ2) is 9.83. The van der Waals surface area contributed by atoms with Crippen molar-refractivity contribution in [2.75, 3.05) is 7.11 Å². The van der Waals surface area contributed by atoms with Crippen molar-refractivity contribution in [1.29, 1.82) is 0 Å². The molecule has 0 saturated carbocycles. The second-order valence-corrected chi connectivity index (χ2v) is 7.39. The number of methoxy groups -OCH3 is 1. The molecule has 6 heteroatoms. The van der Waals surface area contributed by atoms with Crippen LogP contribution in [0.25, 0.3) is 11.0 Å². The van der Waals surface area contributed by atoms with E-state index in [1.165, 1.54) is 7.11 Å². The summed E-state index contributed by atoms with van der Waals surface area (Å²) in [5.41, 5.74) is 3.76. The molecule has 0 aliphatic heterocycles. The van der Waals surface area contributed by atoms with E-state index < -0.39 is 17.9 Å². The third-order valence-corrected chi connectivity index (χ3v) is 5.24. The molecule has 1 N–H and O–H groups in total.